The molecule has 3 rings (SSSR count). The summed E-state index contributed by atoms with van der Waals surface area (Å²) >= 11 is 0. The van der Waals surface area contributed by atoms with Crippen LogP contribution < -0.4 is 5.32 Å². The monoisotopic (exact) mass is 546 g/mol. The minimum absolute atomic E-state index is 0.0694. The Morgan fingerprint density at radius 1 is 1.13 bits per heavy atom. The van der Waals surface area contributed by atoms with Gasteiger partial charge in [0.2, 0.25) is 5.91 Å². The van der Waals surface area contributed by atoms with Crippen molar-refractivity contribution >= 4 is 23.0 Å². The Hall–Kier alpha value is -3.46. The number of benzene rings is 2. The van der Waals surface area contributed by atoms with Crippen molar-refractivity contribution in [2.45, 2.75) is 45.7 Å². The first-order valence-corrected chi connectivity index (χ1v) is 12.9. The minimum atomic E-state index is -4.71. The summed E-state index contributed by atoms with van der Waals surface area (Å²) in [6.07, 6.45) is 0.227. The zero-order valence-electron chi connectivity index (χ0n) is 22.6. The van der Waals surface area contributed by atoms with Crippen LogP contribution in [-0.2, 0) is 22.1 Å². The van der Waals surface area contributed by atoms with Gasteiger partial charge in [-0.15, -0.1) is 0 Å². The summed E-state index contributed by atoms with van der Waals surface area (Å²) in [6, 6.07) is 7.28. The quantitative estimate of drug-likeness (QED) is 0.246. The van der Waals surface area contributed by atoms with Gasteiger partial charge in [-0.1, -0.05) is 25.1 Å². The summed E-state index contributed by atoms with van der Waals surface area (Å²) < 4.78 is 61.2. The van der Waals surface area contributed by atoms with E-state index in [1.54, 1.807) is 6.07 Å². The van der Waals surface area contributed by atoms with Gasteiger partial charge in [-0.05, 0) is 87.8 Å². The molecule has 1 N–H and O–H groups in total. The summed E-state index contributed by atoms with van der Waals surface area (Å²) in [5, 5.41) is 2.40. The van der Waals surface area contributed by atoms with Crippen molar-refractivity contribution in [3.05, 3.63) is 82.4 Å². The van der Waals surface area contributed by atoms with Crippen molar-refractivity contribution in [3.8, 4) is 0 Å². The predicted octanol–water partition coefficient (Wildman–Crippen LogP) is 6.89. The highest BCUT2D eigenvalue weighted by molar-refractivity contribution is 5.99. The third kappa shape index (κ3) is 8.51. The molecule has 0 aromatic heterocycles. The predicted molar refractivity (Wildman–Crippen MR) is 144 cm³/mol. The first-order valence-electron chi connectivity index (χ1n) is 12.9. The number of rotatable bonds is 11. The molecule has 0 bridgehead atoms. The molecule has 0 fully saturated rings. The van der Waals surface area contributed by atoms with Gasteiger partial charge in [0, 0.05) is 23.2 Å². The molecular formula is C30H34F4N2O3. The Morgan fingerprint density at radius 3 is 2.51 bits per heavy atom. The SMILES string of the molecule is CCOC1=CC(C)CC=C1c1ccc(CC(=O)Nc2cc(C(=O)CCCN(C)C)cc(C(F)(F)F)c2)c(F)c1. The maximum Gasteiger partial charge on any atom is 0.416 e. The van der Waals surface area contributed by atoms with Gasteiger partial charge in [-0.3, -0.25) is 9.59 Å². The number of anilines is 1. The molecule has 5 nitrogen and oxygen atoms in total. The van der Waals surface area contributed by atoms with Gasteiger partial charge in [0.1, 0.15) is 11.6 Å². The van der Waals surface area contributed by atoms with Crippen LogP contribution in [0.2, 0.25) is 0 Å². The summed E-state index contributed by atoms with van der Waals surface area (Å²) in [6.45, 7) is 5.01. The molecule has 210 valence electrons. The number of halogens is 4. The maximum atomic E-state index is 15.0. The highest BCUT2D eigenvalue weighted by atomic mass is 19.4. The molecule has 9 heteroatoms. The number of Topliss-reactive ketones (excluding diaryl/α,β-unsaturated/α-hetero) is 1. The molecule has 39 heavy (non-hydrogen) atoms. The zero-order valence-corrected chi connectivity index (χ0v) is 22.6. The number of alkyl halides is 3. The van der Waals surface area contributed by atoms with Crippen LogP contribution in [0.15, 0.2) is 54.3 Å². The standard InChI is InChI=1S/C30H34F4N2O3/c1-5-39-28-13-19(2)8-11-25(28)20-9-10-21(26(31)16-20)17-29(38)35-24-15-22(14-23(18-24)30(32,33)34)27(37)7-6-12-36(3)4/h9-11,13-16,18-19H,5-8,12,17H2,1-4H3,(H,35,38). The van der Waals surface area contributed by atoms with Gasteiger partial charge < -0.3 is 15.0 Å². The fraction of sp³-hybridized carbons (Fsp3) is 0.400. The summed E-state index contributed by atoms with van der Waals surface area (Å²) in [4.78, 5) is 27.1. The fourth-order valence-corrected chi connectivity index (χ4v) is 4.32. The van der Waals surface area contributed by atoms with E-state index in [0.717, 1.165) is 24.1 Å². The lowest BCUT2D eigenvalue weighted by molar-refractivity contribution is -0.137. The number of carbonyl (C=O) groups is 2. The lowest BCUT2D eigenvalue weighted by Crippen LogP contribution is -2.17. The third-order valence-corrected chi connectivity index (χ3v) is 6.29. The van der Waals surface area contributed by atoms with Gasteiger partial charge in [-0.25, -0.2) is 4.39 Å². The van der Waals surface area contributed by atoms with E-state index in [0.29, 0.717) is 36.8 Å². The first-order chi connectivity index (χ1) is 18.4. The zero-order chi connectivity index (χ0) is 28.7. The molecule has 1 unspecified atom stereocenters. The van der Waals surface area contributed by atoms with Crippen LogP contribution in [0.5, 0.6) is 0 Å². The second-order valence-corrected chi connectivity index (χ2v) is 9.95. The number of amides is 1. The van der Waals surface area contributed by atoms with Crippen molar-refractivity contribution in [3.63, 3.8) is 0 Å². The number of carbonyl (C=O) groups excluding carboxylic acids is 2. The molecule has 0 spiro atoms. The number of allylic oxidation sites excluding steroid dienone is 3. The molecule has 1 aliphatic rings. The highest BCUT2D eigenvalue weighted by Gasteiger charge is 2.32. The second kappa shape index (κ2) is 13.1. The summed E-state index contributed by atoms with van der Waals surface area (Å²) in [5.41, 5.74) is 0.128. The van der Waals surface area contributed by atoms with Crippen molar-refractivity contribution in [1.82, 2.24) is 4.90 Å². The van der Waals surface area contributed by atoms with Crippen LogP contribution in [0.3, 0.4) is 0 Å². The van der Waals surface area contributed by atoms with Crippen molar-refractivity contribution in [2.24, 2.45) is 5.92 Å². The van der Waals surface area contributed by atoms with Gasteiger partial charge >= 0.3 is 6.18 Å². The van der Waals surface area contributed by atoms with Crippen LogP contribution in [0, 0.1) is 11.7 Å². The van der Waals surface area contributed by atoms with Gasteiger partial charge in [0.25, 0.3) is 0 Å². The van der Waals surface area contributed by atoms with E-state index in [9.17, 15) is 27.2 Å². The second-order valence-electron chi connectivity index (χ2n) is 9.95. The van der Waals surface area contributed by atoms with Gasteiger partial charge in [0.05, 0.1) is 18.6 Å². The Bertz CT molecular complexity index is 1270. The largest absolute Gasteiger partial charge is 0.494 e. The van der Waals surface area contributed by atoms with E-state index in [4.69, 9.17) is 4.74 Å². The number of hydrogen-bond acceptors (Lipinski definition) is 4. The lowest BCUT2D eigenvalue weighted by atomic mass is 9.91. The molecule has 1 aliphatic carbocycles. The number of hydrogen-bond donors (Lipinski definition) is 1. The smallest absolute Gasteiger partial charge is 0.416 e. The number of nitrogens with zero attached hydrogens (tertiary/aromatic N) is 1. The molecule has 2 aromatic carbocycles. The molecule has 2 aromatic rings. The van der Waals surface area contributed by atoms with E-state index < -0.39 is 35.7 Å². The summed E-state index contributed by atoms with van der Waals surface area (Å²) in [5.74, 6) is -0.788. The van der Waals surface area contributed by atoms with E-state index in [2.05, 4.69) is 12.2 Å². The maximum absolute atomic E-state index is 15.0. The van der Waals surface area contributed by atoms with Crippen LogP contribution in [0.4, 0.5) is 23.2 Å². The van der Waals surface area contributed by atoms with E-state index in [1.807, 2.05) is 38.1 Å². The lowest BCUT2D eigenvalue weighted by Gasteiger charge is -2.20. The third-order valence-electron chi connectivity index (χ3n) is 6.29. The summed E-state index contributed by atoms with van der Waals surface area (Å²) in [7, 11) is 3.67. The molecule has 0 aliphatic heterocycles. The highest BCUT2D eigenvalue weighted by Crippen LogP contribution is 2.34. The van der Waals surface area contributed by atoms with Crippen molar-refractivity contribution in [1.29, 1.82) is 0 Å². The fourth-order valence-electron chi connectivity index (χ4n) is 4.32. The van der Waals surface area contributed by atoms with Crippen LogP contribution in [0.25, 0.3) is 5.57 Å². The van der Waals surface area contributed by atoms with E-state index in [1.165, 1.54) is 18.2 Å². The number of ketones is 1. The first kappa shape index (κ1) is 30.1. The van der Waals surface area contributed by atoms with Gasteiger partial charge in [-0.2, -0.15) is 13.2 Å². The Kier molecular flexibility index (Phi) is 10.1. The Morgan fingerprint density at radius 2 is 1.87 bits per heavy atom. The molecule has 0 saturated heterocycles. The normalized spacial score (nSPS) is 15.6. The van der Waals surface area contributed by atoms with Gasteiger partial charge in [0.15, 0.2) is 5.78 Å². The van der Waals surface area contributed by atoms with Crippen LogP contribution >= 0.6 is 0 Å². The molecule has 1 amide bonds. The van der Waals surface area contributed by atoms with E-state index in [-0.39, 0.29) is 23.2 Å². The number of ether oxygens (including phenoxy) is 1. The molecule has 1 atom stereocenters. The van der Waals surface area contributed by atoms with E-state index >= 15 is 0 Å². The molecule has 0 saturated carbocycles. The topological polar surface area (TPSA) is 58.6 Å². The molecule has 0 heterocycles. The van der Waals surface area contributed by atoms with Crippen molar-refractivity contribution in [2.75, 3.05) is 32.6 Å². The minimum Gasteiger partial charge on any atom is -0.494 e. The average Bonchev–Trinajstić information content (AvgIpc) is 2.84. The molecular weight excluding hydrogens is 512 g/mol. The number of nitrogens with one attached hydrogen (secondary N) is 1. The Labute approximate surface area is 226 Å². The van der Waals surface area contributed by atoms with Crippen LogP contribution in [0.1, 0.15) is 60.2 Å². The Balaban J connectivity index is 1.76. The average molecular weight is 547 g/mol. The molecule has 0 radical (unpaired) electrons. The van der Waals surface area contributed by atoms with Crippen LogP contribution in [-0.4, -0.2) is 43.8 Å². The van der Waals surface area contributed by atoms with Crippen molar-refractivity contribution < 1.29 is 31.9 Å².